The number of aliphatic hydroxyl groups is 1. The van der Waals surface area contributed by atoms with Crippen molar-refractivity contribution < 1.29 is 19.3 Å². The standard InChI is InChI=1S/C10H16O4/c1-4-5-6-7-8(9(11)12-6)14-10(2,3)13-7/h4,6-9,11H,1,5H2,2-3H3/t6-,7-,8-,9?/m0/s1. The van der Waals surface area contributed by atoms with Crippen molar-refractivity contribution in [2.45, 2.75) is 50.7 Å². The molecule has 1 N–H and O–H groups in total. The second kappa shape index (κ2) is 3.31. The fraction of sp³-hybridized carbons (Fsp3) is 0.800. The van der Waals surface area contributed by atoms with Crippen LogP contribution in [-0.2, 0) is 14.2 Å². The molecule has 0 saturated carbocycles. The second-order valence-corrected chi connectivity index (χ2v) is 4.15. The van der Waals surface area contributed by atoms with Crippen molar-refractivity contribution in [1.29, 1.82) is 0 Å². The maximum Gasteiger partial charge on any atom is 0.184 e. The van der Waals surface area contributed by atoms with Crippen LogP contribution in [0.4, 0.5) is 0 Å². The minimum absolute atomic E-state index is 0.144. The van der Waals surface area contributed by atoms with Crippen LogP contribution in [0.5, 0.6) is 0 Å². The summed E-state index contributed by atoms with van der Waals surface area (Å²) in [4.78, 5) is 0. The first-order valence-electron chi connectivity index (χ1n) is 4.83. The molecule has 4 heteroatoms. The number of rotatable bonds is 2. The highest BCUT2D eigenvalue weighted by Gasteiger charge is 2.54. The summed E-state index contributed by atoms with van der Waals surface area (Å²) in [5, 5.41) is 9.57. The minimum atomic E-state index is -0.883. The summed E-state index contributed by atoms with van der Waals surface area (Å²) < 4.78 is 16.5. The zero-order chi connectivity index (χ0) is 10.3. The van der Waals surface area contributed by atoms with Crippen molar-refractivity contribution in [2.24, 2.45) is 0 Å². The van der Waals surface area contributed by atoms with Crippen molar-refractivity contribution in [3.05, 3.63) is 12.7 Å². The van der Waals surface area contributed by atoms with Crippen molar-refractivity contribution in [3.63, 3.8) is 0 Å². The molecule has 0 radical (unpaired) electrons. The Hall–Kier alpha value is -0.420. The average Bonchev–Trinajstić information content (AvgIpc) is 2.51. The minimum Gasteiger partial charge on any atom is -0.366 e. The van der Waals surface area contributed by atoms with Crippen molar-refractivity contribution in [2.75, 3.05) is 0 Å². The monoisotopic (exact) mass is 200 g/mol. The van der Waals surface area contributed by atoms with Crippen LogP contribution in [0.2, 0.25) is 0 Å². The molecule has 2 saturated heterocycles. The number of hydrogen-bond donors (Lipinski definition) is 1. The van der Waals surface area contributed by atoms with E-state index in [4.69, 9.17) is 14.2 Å². The Labute approximate surface area is 83.5 Å². The molecule has 0 aromatic carbocycles. The average molecular weight is 200 g/mol. The second-order valence-electron chi connectivity index (χ2n) is 4.15. The van der Waals surface area contributed by atoms with Crippen LogP contribution >= 0.6 is 0 Å². The molecule has 2 fully saturated rings. The van der Waals surface area contributed by atoms with E-state index >= 15 is 0 Å². The first-order valence-corrected chi connectivity index (χ1v) is 4.83. The van der Waals surface area contributed by atoms with Gasteiger partial charge in [-0.15, -0.1) is 6.58 Å². The molecule has 14 heavy (non-hydrogen) atoms. The van der Waals surface area contributed by atoms with E-state index in [1.807, 2.05) is 13.8 Å². The van der Waals surface area contributed by atoms with Crippen molar-refractivity contribution >= 4 is 0 Å². The van der Waals surface area contributed by atoms with Gasteiger partial charge in [-0.25, -0.2) is 0 Å². The van der Waals surface area contributed by atoms with Crippen LogP contribution in [-0.4, -0.2) is 35.5 Å². The van der Waals surface area contributed by atoms with Gasteiger partial charge in [-0.05, 0) is 20.3 Å². The summed E-state index contributed by atoms with van der Waals surface area (Å²) in [6, 6.07) is 0. The Bertz CT molecular complexity index is 238. The molecule has 80 valence electrons. The van der Waals surface area contributed by atoms with E-state index in [1.54, 1.807) is 6.08 Å². The van der Waals surface area contributed by atoms with E-state index in [1.165, 1.54) is 0 Å². The van der Waals surface area contributed by atoms with E-state index < -0.39 is 12.1 Å². The first kappa shape index (κ1) is 10.1. The molecule has 2 aliphatic rings. The Kier molecular flexibility index (Phi) is 2.39. The first-order chi connectivity index (χ1) is 6.53. The number of ether oxygens (including phenoxy) is 3. The highest BCUT2D eigenvalue weighted by atomic mass is 16.8. The lowest BCUT2D eigenvalue weighted by Crippen LogP contribution is -2.29. The highest BCUT2D eigenvalue weighted by Crippen LogP contribution is 2.38. The Balaban J connectivity index is 2.10. The fourth-order valence-electron chi connectivity index (χ4n) is 2.01. The van der Waals surface area contributed by atoms with Crippen LogP contribution in [0.25, 0.3) is 0 Å². The molecule has 0 aromatic rings. The van der Waals surface area contributed by atoms with E-state index in [-0.39, 0.29) is 18.3 Å². The molecule has 1 unspecified atom stereocenters. The molecule has 0 aliphatic carbocycles. The summed E-state index contributed by atoms with van der Waals surface area (Å²) >= 11 is 0. The van der Waals surface area contributed by atoms with Gasteiger partial charge in [-0.1, -0.05) is 6.08 Å². The lowest BCUT2D eigenvalue weighted by Gasteiger charge is -2.21. The Morgan fingerprint density at radius 2 is 2.00 bits per heavy atom. The Morgan fingerprint density at radius 3 is 2.64 bits per heavy atom. The van der Waals surface area contributed by atoms with E-state index in [2.05, 4.69) is 6.58 Å². The molecule has 2 heterocycles. The number of aliphatic hydroxyl groups excluding tert-OH is 1. The van der Waals surface area contributed by atoms with Crippen LogP contribution in [0.3, 0.4) is 0 Å². The molecule has 0 aromatic heterocycles. The van der Waals surface area contributed by atoms with Crippen LogP contribution in [0, 0.1) is 0 Å². The van der Waals surface area contributed by atoms with Gasteiger partial charge in [0.05, 0.1) is 6.10 Å². The van der Waals surface area contributed by atoms with Crippen molar-refractivity contribution in [1.82, 2.24) is 0 Å². The molecule has 4 atom stereocenters. The summed E-state index contributed by atoms with van der Waals surface area (Å²) in [6.45, 7) is 7.31. The number of fused-ring (bicyclic) bond motifs is 1. The maximum absolute atomic E-state index is 9.57. The third kappa shape index (κ3) is 1.59. The van der Waals surface area contributed by atoms with Gasteiger partial charge in [0.15, 0.2) is 12.1 Å². The topological polar surface area (TPSA) is 47.9 Å². The highest BCUT2D eigenvalue weighted by molar-refractivity contribution is 4.96. The summed E-state index contributed by atoms with van der Waals surface area (Å²) in [5.41, 5.74) is 0. The van der Waals surface area contributed by atoms with Crippen LogP contribution < -0.4 is 0 Å². The predicted molar refractivity (Wildman–Crippen MR) is 49.5 cm³/mol. The van der Waals surface area contributed by atoms with Gasteiger partial charge < -0.3 is 19.3 Å². The lowest BCUT2D eigenvalue weighted by atomic mass is 10.1. The van der Waals surface area contributed by atoms with Gasteiger partial charge in [-0.3, -0.25) is 0 Å². The summed E-state index contributed by atoms with van der Waals surface area (Å²) in [6.07, 6.45) is 0.848. The number of hydrogen-bond acceptors (Lipinski definition) is 4. The van der Waals surface area contributed by atoms with Crippen molar-refractivity contribution in [3.8, 4) is 0 Å². The molecule has 2 rings (SSSR count). The molecule has 4 nitrogen and oxygen atoms in total. The van der Waals surface area contributed by atoms with Gasteiger partial charge in [0.1, 0.15) is 12.2 Å². The van der Waals surface area contributed by atoms with Crippen LogP contribution in [0.1, 0.15) is 20.3 Å². The largest absolute Gasteiger partial charge is 0.366 e. The third-order valence-corrected chi connectivity index (χ3v) is 2.52. The van der Waals surface area contributed by atoms with Gasteiger partial charge in [0, 0.05) is 0 Å². The zero-order valence-corrected chi connectivity index (χ0v) is 8.47. The summed E-state index contributed by atoms with van der Waals surface area (Å²) in [5.74, 6) is -0.625. The van der Waals surface area contributed by atoms with E-state index in [9.17, 15) is 5.11 Å². The lowest BCUT2D eigenvalue weighted by molar-refractivity contribution is -0.219. The molecule has 2 aliphatic heterocycles. The smallest absolute Gasteiger partial charge is 0.184 e. The maximum atomic E-state index is 9.57. The zero-order valence-electron chi connectivity index (χ0n) is 8.47. The van der Waals surface area contributed by atoms with E-state index in [0.717, 1.165) is 0 Å². The van der Waals surface area contributed by atoms with Gasteiger partial charge in [0.25, 0.3) is 0 Å². The third-order valence-electron chi connectivity index (χ3n) is 2.52. The predicted octanol–water partition coefficient (Wildman–Crippen LogP) is 0.800. The summed E-state index contributed by atoms with van der Waals surface area (Å²) in [7, 11) is 0. The molecule has 0 bridgehead atoms. The Morgan fingerprint density at radius 1 is 1.36 bits per heavy atom. The van der Waals surface area contributed by atoms with E-state index in [0.29, 0.717) is 6.42 Å². The quantitative estimate of drug-likeness (QED) is 0.670. The van der Waals surface area contributed by atoms with Gasteiger partial charge in [0.2, 0.25) is 0 Å². The molecular weight excluding hydrogens is 184 g/mol. The van der Waals surface area contributed by atoms with Gasteiger partial charge >= 0.3 is 0 Å². The molecule has 0 spiro atoms. The van der Waals surface area contributed by atoms with Gasteiger partial charge in [-0.2, -0.15) is 0 Å². The molecular formula is C10H16O4. The molecule has 0 amide bonds. The fourth-order valence-corrected chi connectivity index (χ4v) is 2.01. The van der Waals surface area contributed by atoms with Crippen LogP contribution in [0.15, 0.2) is 12.7 Å². The SMILES string of the molecule is C=CC[C@@H]1OC(O)[C@H]2OC(C)(C)O[C@@H]12. The normalized spacial score (nSPS) is 45.1.